The fourth-order valence-corrected chi connectivity index (χ4v) is 2.11. The zero-order valence-electron chi connectivity index (χ0n) is 12.3. The second kappa shape index (κ2) is 9.19. The van der Waals surface area contributed by atoms with Crippen molar-refractivity contribution >= 4 is 23.4 Å². The summed E-state index contributed by atoms with van der Waals surface area (Å²) in [5, 5.41) is 3.54. The molecule has 114 valence electrons. The van der Waals surface area contributed by atoms with Gasteiger partial charge in [-0.1, -0.05) is 29.8 Å². The van der Waals surface area contributed by atoms with Crippen LogP contribution in [0.2, 0.25) is 5.02 Å². The normalized spacial score (nSPS) is 10.0. The van der Waals surface area contributed by atoms with E-state index in [2.05, 4.69) is 11.9 Å². The van der Waals surface area contributed by atoms with Crippen molar-refractivity contribution in [3.8, 4) is 0 Å². The number of benzene rings is 1. The van der Waals surface area contributed by atoms with Crippen LogP contribution in [0.15, 0.2) is 36.9 Å². The number of hydrogen-bond acceptors (Lipinski definition) is 2. The molecule has 21 heavy (non-hydrogen) atoms. The molecule has 0 atom stereocenters. The van der Waals surface area contributed by atoms with Crippen LogP contribution in [-0.4, -0.2) is 36.3 Å². The van der Waals surface area contributed by atoms with Crippen LogP contribution < -0.4 is 5.32 Å². The Hall–Kier alpha value is -1.81. The van der Waals surface area contributed by atoms with E-state index in [1.807, 2.05) is 24.3 Å². The van der Waals surface area contributed by atoms with Gasteiger partial charge in [0.2, 0.25) is 11.8 Å². The van der Waals surface area contributed by atoms with Gasteiger partial charge in [-0.15, -0.1) is 6.58 Å². The molecule has 0 aliphatic rings. The molecule has 0 spiro atoms. The van der Waals surface area contributed by atoms with Crippen LogP contribution in [0.1, 0.15) is 18.9 Å². The maximum Gasteiger partial charge on any atom is 0.221 e. The molecule has 4 nitrogen and oxygen atoms in total. The smallest absolute Gasteiger partial charge is 0.221 e. The number of amides is 2. The summed E-state index contributed by atoms with van der Waals surface area (Å²) in [6.07, 6.45) is 2.68. The number of nitrogens with zero attached hydrogens (tertiary/aromatic N) is 1. The van der Waals surface area contributed by atoms with Crippen molar-refractivity contribution in [1.82, 2.24) is 10.2 Å². The maximum absolute atomic E-state index is 11.7. The lowest BCUT2D eigenvalue weighted by atomic mass is 10.1. The highest BCUT2D eigenvalue weighted by atomic mass is 35.5. The predicted molar refractivity (Wildman–Crippen MR) is 85.2 cm³/mol. The molecule has 1 N–H and O–H groups in total. The van der Waals surface area contributed by atoms with E-state index in [-0.39, 0.29) is 11.8 Å². The van der Waals surface area contributed by atoms with Crippen molar-refractivity contribution < 1.29 is 9.59 Å². The molecular formula is C16H21ClN2O2. The molecule has 0 aromatic heterocycles. The second-order valence-electron chi connectivity index (χ2n) is 4.73. The minimum Gasteiger partial charge on any atom is -0.356 e. The van der Waals surface area contributed by atoms with Crippen molar-refractivity contribution in [3.05, 3.63) is 47.5 Å². The van der Waals surface area contributed by atoms with E-state index in [0.717, 1.165) is 12.0 Å². The largest absolute Gasteiger partial charge is 0.356 e. The van der Waals surface area contributed by atoms with E-state index >= 15 is 0 Å². The number of hydrogen-bond donors (Lipinski definition) is 1. The van der Waals surface area contributed by atoms with E-state index in [0.29, 0.717) is 31.1 Å². The summed E-state index contributed by atoms with van der Waals surface area (Å²) < 4.78 is 0. The predicted octanol–water partition coefficient (Wildman–Crippen LogP) is 2.42. The van der Waals surface area contributed by atoms with Gasteiger partial charge < -0.3 is 10.2 Å². The van der Waals surface area contributed by atoms with Gasteiger partial charge in [-0.25, -0.2) is 0 Å². The summed E-state index contributed by atoms with van der Waals surface area (Å²) in [6.45, 7) is 6.51. The van der Waals surface area contributed by atoms with Crippen LogP contribution in [-0.2, 0) is 16.0 Å². The van der Waals surface area contributed by atoms with Crippen molar-refractivity contribution in [1.29, 1.82) is 0 Å². The molecule has 0 saturated heterocycles. The number of carbonyl (C=O) groups is 2. The van der Waals surface area contributed by atoms with Gasteiger partial charge in [0.15, 0.2) is 0 Å². The third-order valence-electron chi connectivity index (χ3n) is 3.03. The van der Waals surface area contributed by atoms with E-state index in [9.17, 15) is 9.59 Å². The summed E-state index contributed by atoms with van der Waals surface area (Å²) in [4.78, 5) is 24.6. The van der Waals surface area contributed by atoms with Gasteiger partial charge in [-0.05, 0) is 24.1 Å². The highest BCUT2D eigenvalue weighted by Gasteiger charge is 2.09. The van der Waals surface area contributed by atoms with Gasteiger partial charge >= 0.3 is 0 Å². The minimum atomic E-state index is -0.0626. The Morgan fingerprint density at radius 3 is 2.81 bits per heavy atom. The van der Waals surface area contributed by atoms with Gasteiger partial charge in [-0.3, -0.25) is 9.59 Å². The second-order valence-corrected chi connectivity index (χ2v) is 5.17. The molecule has 0 unspecified atom stereocenters. The Bertz CT molecular complexity index is 503. The summed E-state index contributed by atoms with van der Waals surface area (Å²) in [7, 11) is 0. The number of nitrogens with one attached hydrogen (secondary N) is 1. The van der Waals surface area contributed by atoms with Crippen molar-refractivity contribution in [2.45, 2.75) is 19.8 Å². The van der Waals surface area contributed by atoms with Crippen LogP contribution in [0.4, 0.5) is 0 Å². The first-order valence-electron chi connectivity index (χ1n) is 6.90. The third-order valence-corrected chi connectivity index (χ3v) is 3.26. The SMILES string of the molecule is C=CCN(CCC(=O)NCCc1cccc(Cl)c1)C(C)=O. The Balaban J connectivity index is 2.27. The molecule has 1 aromatic rings. The topological polar surface area (TPSA) is 49.4 Å². The maximum atomic E-state index is 11.7. The van der Waals surface area contributed by atoms with E-state index in [4.69, 9.17) is 11.6 Å². The van der Waals surface area contributed by atoms with Crippen LogP contribution >= 0.6 is 11.6 Å². The summed E-state index contributed by atoms with van der Waals surface area (Å²) in [5.41, 5.74) is 1.08. The summed E-state index contributed by atoms with van der Waals surface area (Å²) >= 11 is 5.90. The lowest BCUT2D eigenvalue weighted by Crippen LogP contribution is -2.34. The van der Waals surface area contributed by atoms with Crippen molar-refractivity contribution in [2.75, 3.05) is 19.6 Å². The number of rotatable bonds is 8. The summed E-state index contributed by atoms with van der Waals surface area (Å²) in [5.74, 6) is -0.117. The molecule has 0 fully saturated rings. The fourth-order valence-electron chi connectivity index (χ4n) is 1.90. The first-order valence-corrected chi connectivity index (χ1v) is 7.28. The molecule has 0 radical (unpaired) electrons. The highest BCUT2D eigenvalue weighted by molar-refractivity contribution is 6.30. The molecule has 1 aromatic carbocycles. The van der Waals surface area contributed by atoms with Crippen LogP contribution in [0.5, 0.6) is 0 Å². The first kappa shape index (κ1) is 17.2. The monoisotopic (exact) mass is 308 g/mol. The Labute approximate surface area is 130 Å². The van der Waals surface area contributed by atoms with Gasteiger partial charge in [-0.2, -0.15) is 0 Å². The van der Waals surface area contributed by atoms with Gasteiger partial charge in [0.1, 0.15) is 0 Å². The zero-order chi connectivity index (χ0) is 15.7. The van der Waals surface area contributed by atoms with Crippen molar-refractivity contribution in [2.24, 2.45) is 0 Å². The van der Waals surface area contributed by atoms with Crippen LogP contribution in [0, 0.1) is 0 Å². The molecule has 5 heteroatoms. The molecule has 0 saturated carbocycles. The van der Waals surface area contributed by atoms with Crippen molar-refractivity contribution in [3.63, 3.8) is 0 Å². The molecule has 0 bridgehead atoms. The van der Waals surface area contributed by atoms with Gasteiger partial charge in [0.05, 0.1) is 0 Å². The zero-order valence-corrected chi connectivity index (χ0v) is 13.0. The van der Waals surface area contributed by atoms with E-state index in [1.165, 1.54) is 6.92 Å². The Kier molecular flexibility index (Phi) is 7.54. The molecule has 0 heterocycles. The first-order chi connectivity index (χ1) is 10.0. The minimum absolute atomic E-state index is 0.0540. The summed E-state index contributed by atoms with van der Waals surface area (Å²) in [6, 6.07) is 7.56. The molecular weight excluding hydrogens is 288 g/mol. The number of carbonyl (C=O) groups excluding carboxylic acids is 2. The Morgan fingerprint density at radius 2 is 2.19 bits per heavy atom. The number of halogens is 1. The molecule has 0 aliphatic heterocycles. The highest BCUT2D eigenvalue weighted by Crippen LogP contribution is 2.10. The lowest BCUT2D eigenvalue weighted by molar-refractivity contribution is -0.129. The standard InChI is InChI=1S/C16H21ClN2O2/c1-3-10-19(13(2)20)11-8-16(21)18-9-7-14-5-4-6-15(17)12-14/h3-6,12H,1,7-11H2,2H3,(H,18,21). The Morgan fingerprint density at radius 1 is 1.43 bits per heavy atom. The average Bonchev–Trinajstić information content (AvgIpc) is 2.43. The van der Waals surface area contributed by atoms with Crippen LogP contribution in [0.3, 0.4) is 0 Å². The average molecular weight is 309 g/mol. The van der Waals surface area contributed by atoms with E-state index < -0.39 is 0 Å². The fraction of sp³-hybridized carbons (Fsp3) is 0.375. The lowest BCUT2D eigenvalue weighted by Gasteiger charge is -2.18. The molecule has 1 rings (SSSR count). The molecule has 0 aliphatic carbocycles. The quantitative estimate of drug-likeness (QED) is 0.750. The third kappa shape index (κ3) is 6.95. The molecule has 2 amide bonds. The van der Waals surface area contributed by atoms with Gasteiger partial charge in [0.25, 0.3) is 0 Å². The van der Waals surface area contributed by atoms with Gasteiger partial charge in [0, 0.05) is 38.0 Å². The van der Waals surface area contributed by atoms with Crippen LogP contribution in [0.25, 0.3) is 0 Å². The van der Waals surface area contributed by atoms with E-state index in [1.54, 1.807) is 11.0 Å².